The second kappa shape index (κ2) is 5.70. The Morgan fingerprint density at radius 1 is 1.47 bits per heavy atom. The molecular formula is C14H20N2O. The molecule has 0 aromatic heterocycles. The fourth-order valence-corrected chi connectivity index (χ4v) is 1.37. The topological polar surface area (TPSA) is 59.0 Å². The lowest BCUT2D eigenvalue weighted by molar-refractivity contribution is 0.264. The van der Waals surface area contributed by atoms with Gasteiger partial charge in [-0.3, -0.25) is 0 Å². The van der Waals surface area contributed by atoms with Crippen LogP contribution in [-0.2, 0) is 0 Å². The summed E-state index contributed by atoms with van der Waals surface area (Å²) >= 11 is 0. The van der Waals surface area contributed by atoms with Gasteiger partial charge >= 0.3 is 0 Å². The number of benzene rings is 1. The van der Waals surface area contributed by atoms with Crippen LogP contribution in [0.3, 0.4) is 0 Å². The van der Waals surface area contributed by atoms with Gasteiger partial charge in [0, 0.05) is 6.04 Å². The second-order valence-electron chi connectivity index (χ2n) is 4.96. The highest BCUT2D eigenvalue weighted by atomic mass is 16.5. The SMILES string of the molecule is C[C@H](N)c1cccc(OCCC(C)(C)C#N)c1. The van der Waals surface area contributed by atoms with Crippen molar-refractivity contribution in [3.8, 4) is 11.8 Å². The predicted molar refractivity (Wildman–Crippen MR) is 68.6 cm³/mol. The standard InChI is InChI=1S/C14H20N2O/c1-11(16)12-5-4-6-13(9-12)17-8-7-14(2,3)10-15/h4-6,9,11H,7-8,16H2,1-3H3/t11-/m0/s1. The molecule has 0 aliphatic carbocycles. The van der Waals surface area contributed by atoms with E-state index < -0.39 is 0 Å². The lowest BCUT2D eigenvalue weighted by Gasteiger charge is -2.16. The average molecular weight is 232 g/mol. The zero-order valence-electron chi connectivity index (χ0n) is 10.7. The van der Waals surface area contributed by atoms with Gasteiger partial charge < -0.3 is 10.5 Å². The smallest absolute Gasteiger partial charge is 0.119 e. The van der Waals surface area contributed by atoms with E-state index >= 15 is 0 Å². The number of hydrogen-bond acceptors (Lipinski definition) is 3. The molecule has 0 saturated carbocycles. The second-order valence-corrected chi connectivity index (χ2v) is 4.96. The highest BCUT2D eigenvalue weighted by Crippen LogP contribution is 2.21. The summed E-state index contributed by atoms with van der Waals surface area (Å²) in [4.78, 5) is 0. The molecule has 2 N–H and O–H groups in total. The van der Waals surface area contributed by atoms with Gasteiger partial charge in [0.2, 0.25) is 0 Å². The molecule has 1 rings (SSSR count). The summed E-state index contributed by atoms with van der Waals surface area (Å²) in [6.07, 6.45) is 0.714. The number of rotatable bonds is 5. The molecule has 0 aliphatic rings. The van der Waals surface area contributed by atoms with Crippen LogP contribution in [0, 0.1) is 16.7 Å². The van der Waals surface area contributed by atoms with Gasteiger partial charge in [-0.1, -0.05) is 12.1 Å². The van der Waals surface area contributed by atoms with Crippen molar-refractivity contribution < 1.29 is 4.74 Å². The highest BCUT2D eigenvalue weighted by Gasteiger charge is 2.16. The van der Waals surface area contributed by atoms with Crippen molar-refractivity contribution in [3.63, 3.8) is 0 Å². The molecule has 1 aromatic rings. The Bertz CT molecular complexity index is 405. The number of ether oxygens (including phenoxy) is 1. The molecule has 0 saturated heterocycles. The van der Waals surface area contributed by atoms with Crippen LogP contribution in [0.2, 0.25) is 0 Å². The first-order valence-electron chi connectivity index (χ1n) is 5.84. The van der Waals surface area contributed by atoms with Crippen molar-refractivity contribution >= 4 is 0 Å². The molecule has 92 valence electrons. The maximum Gasteiger partial charge on any atom is 0.119 e. The first-order chi connectivity index (χ1) is 7.94. The third-order valence-electron chi connectivity index (χ3n) is 2.68. The number of nitrogens with zero attached hydrogens (tertiary/aromatic N) is 1. The van der Waals surface area contributed by atoms with E-state index in [1.165, 1.54) is 0 Å². The van der Waals surface area contributed by atoms with Crippen molar-refractivity contribution in [1.82, 2.24) is 0 Å². The zero-order chi connectivity index (χ0) is 12.9. The maximum absolute atomic E-state index is 8.89. The van der Waals surface area contributed by atoms with Crippen molar-refractivity contribution in [1.29, 1.82) is 5.26 Å². The number of hydrogen-bond donors (Lipinski definition) is 1. The van der Waals surface area contributed by atoms with Gasteiger partial charge in [0.05, 0.1) is 18.1 Å². The van der Waals surface area contributed by atoms with Crippen molar-refractivity contribution in [2.45, 2.75) is 33.2 Å². The molecular weight excluding hydrogens is 212 g/mol. The molecule has 1 aromatic carbocycles. The van der Waals surface area contributed by atoms with Crippen molar-refractivity contribution in [2.24, 2.45) is 11.1 Å². The monoisotopic (exact) mass is 232 g/mol. The number of nitriles is 1. The van der Waals surface area contributed by atoms with E-state index in [1.807, 2.05) is 45.0 Å². The third-order valence-corrected chi connectivity index (χ3v) is 2.68. The summed E-state index contributed by atoms with van der Waals surface area (Å²) < 4.78 is 5.63. The summed E-state index contributed by atoms with van der Waals surface area (Å²) in [5.41, 5.74) is 6.53. The average Bonchev–Trinajstić information content (AvgIpc) is 2.29. The van der Waals surface area contributed by atoms with E-state index in [1.54, 1.807) is 0 Å². The summed E-state index contributed by atoms with van der Waals surface area (Å²) in [6.45, 7) is 6.31. The molecule has 0 spiro atoms. The van der Waals surface area contributed by atoms with Crippen molar-refractivity contribution in [3.05, 3.63) is 29.8 Å². The number of nitrogens with two attached hydrogens (primary N) is 1. The fourth-order valence-electron chi connectivity index (χ4n) is 1.37. The normalized spacial score (nSPS) is 12.9. The molecule has 0 heterocycles. The van der Waals surface area contributed by atoms with Gasteiger partial charge in [0.1, 0.15) is 5.75 Å². The summed E-state index contributed by atoms with van der Waals surface area (Å²) in [5.74, 6) is 0.813. The fraction of sp³-hybridized carbons (Fsp3) is 0.500. The Balaban J connectivity index is 2.53. The van der Waals surface area contributed by atoms with Gasteiger partial charge in [0.15, 0.2) is 0 Å². The third kappa shape index (κ3) is 4.46. The molecule has 0 unspecified atom stereocenters. The molecule has 17 heavy (non-hydrogen) atoms. The lowest BCUT2D eigenvalue weighted by atomic mass is 9.92. The largest absolute Gasteiger partial charge is 0.494 e. The van der Waals surface area contributed by atoms with E-state index in [9.17, 15) is 0 Å². The summed E-state index contributed by atoms with van der Waals surface area (Å²) in [5, 5.41) is 8.89. The van der Waals surface area contributed by atoms with E-state index in [-0.39, 0.29) is 11.5 Å². The Hall–Kier alpha value is -1.53. The highest BCUT2D eigenvalue weighted by molar-refractivity contribution is 5.30. The van der Waals surface area contributed by atoms with E-state index in [0.717, 1.165) is 11.3 Å². The first-order valence-corrected chi connectivity index (χ1v) is 5.84. The lowest BCUT2D eigenvalue weighted by Crippen LogP contribution is -2.13. The minimum absolute atomic E-state index is 0.00843. The van der Waals surface area contributed by atoms with Gasteiger partial charge in [-0.15, -0.1) is 0 Å². The van der Waals surface area contributed by atoms with Crippen LogP contribution in [0.5, 0.6) is 5.75 Å². The molecule has 3 nitrogen and oxygen atoms in total. The summed E-state index contributed by atoms with van der Waals surface area (Å²) in [7, 11) is 0. The van der Waals surface area contributed by atoms with Gasteiger partial charge in [0.25, 0.3) is 0 Å². The van der Waals surface area contributed by atoms with Crippen LogP contribution < -0.4 is 10.5 Å². The van der Waals surface area contributed by atoms with Crippen LogP contribution in [0.1, 0.15) is 38.8 Å². The maximum atomic E-state index is 8.89. The van der Waals surface area contributed by atoms with Gasteiger partial charge in [-0.05, 0) is 44.9 Å². The minimum atomic E-state index is -0.335. The van der Waals surface area contributed by atoms with Crippen LogP contribution in [0.15, 0.2) is 24.3 Å². The molecule has 0 radical (unpaired) electrons. The van der Waals surface area contributed by atoms with Crippen LogP contribution in [-0.4, -0.2) is 6.61 Å². The first kappa shape index (κ1) is 13.5. The minimum Gasteiger partial charge on any atom is -0.494 e. The Morgan fingerprint density at radius 3 is 2.76 bits per heavy atom. The molecule has 0 bridgehead atoms. The van der Waals surface area contributed by atoms with Gasteiger partial charge in [-0.25, -0.2) is 0 Å². The molecule has 1 atom stereocenters. The van der Waals surface area contributed by atoms with Gasteiger partial charge in [-0.2, -0.15) is 5.26 Å². The molecule has 0 amide bonds. The summed E-state index contributed by atoms with van der Waals surface area (Å²) in [6, 6.07) is 10.0. The Morgan fingerprint density at radius 2 is 2.18 bits per heavy atom. The van der Waals surface area contributed by atoms with Crippen LogP contribution in [0.4, 0.5) is 0 Å². The van der Waals surface area contributed by atoms with Crippen LogP contribution in [0.25, 0.3) is 0 Å². The molecule has 3 heteroatoms. The van der Waals surface area contributed by atoms with Crippen molar-refractivity contribution in [2.75, 3.05) is 6.61 Å². The van der Waals surface area contributed by atoms with Crippen LogP contribution >= 0.6 is 0 Å². The molecule has 0 fully saturated rings. The van der Waals surface area contributed by atoms with E-state index in [2.05, 4.69) is 6.07 Å². The Labute approximate surface area is 103 Å². The van der Waals surface area contributed by atoms with E-state index in [4.69, 9.17) is 15.7 Å². The zero-order valence-corrected chi connectivity index (χ0v) is 10.7. The molecule has 0 aliphatic heterocycles. The quantitative estimate of drug-likeness (QED) is 0.848. The Kier molecular flexibility index (Phi) is 4.53. The predicted octanol–water partition coefficient (Wildman–Crippen LogP) is 3.02. The van der Waals surface area contributed by atoms with E-state index in [0.29, 0.717) is 13.0 Å².